The molecule has 0 radical (unpaired) electrons. The van der Waals surface area contributed by atoms with Crippen molar-refractivity contribution in [2.45, 2.75) is 5.41 Å². The first-order valence-corrected chi connectivity index (χ1v) is 8.29. The number of allylic oxidation sites excluding steroid dienone is 2. The molecule has 2 aliphatic carbocycles. The maximum absolute atomic E-state index is 12.3. The quantitative estimate of drug-likeness (QED) is 0.486. The molecule has 3 aliphatic rings. The zero-order valence-electron chi connectivity index (χ0n) is 13.0. The van der Waals surface area contributed by atoms with E-state index in [0.29, 0.717) is 0 Å². The molecule has 1 saturated heterocycles. The SMILES string of the molecule is O=C1OC(=O)[C@H]2[C@H]1[C@H]1C=C[C@@H]2C1(c1ccccc1)c1ccccc1. The van der Waals surface area contributed by atoms with Crippen molar-refractivity contribution in [3.63, 3.8) is 0 Å². The molecule has 0 spiro atoms. The lowest BCUT2D eigenvalue weighted by Crippen LogP contribution is -2.37. The summed E-state index contributed by atoms with van der Waals surface area (Å²) >= 11 is 0. The minimum absolute atomic E-state index is 0.0451. The fraction of sp³-hybridized carbons (Fsp3) is 0.238. The van der Waals surface area contributed by atoms with E-state index in [-0.39, 0.29) is 41.0 Å². The first kappa shape index (κ1) is 13.7. The lowest BCUT2D eigenvalue weighted by molar-refractivity contribution is -0.155. The minimum Gasteiger partial charge on any atom is -0.393 e. The van der Waals surface area contributed by atoms with Crippen molar-refractivity contribution in [2.75, 3.05) is 0 Å². The zero-order chi connectivity index (χ0) is 16.3. The van der Waals surface area contributed by atoms with Gasteiger partial charge in [-0.15, -0.1) is 0 Å². The highest BCUT2D eigenvalue weighted by Gasteiger charge is 2.70. The average molecular weight is 316 g/mol. The Kier molecular flexibility index (Phi) is 2.67. The van der Waals surface area contributed by atoms with Gasteiger partial charge in [0.1, 0.15) is 0 Å². The van der Waals surface area contributed by atoms with Crippen molar-refractivity contribution >= 4 is 11.9 Å². The van der Waals surface area contributed by atoms with Crippen molar-refractivity contribution in [1.82, 2.24) is 0 Å². The van der Waals surface area contributed by atoms with Gasteiger partial charge >= 0.3 is 11.9 Å². The van der Waals surface area contributed by atoms with Crippen LogP contribution in [0.2, 0.25) is 0 Å². The number of fused-ring (bicyclic) bond motifs is 5. The topological polar surface area (TPSA) is 43.4 Å². The van der Waals surface area contributed by atoms with Gasteiger partial charge < -0.3 is 4.74 Å². The predicted molar refractivity (Wildman–Crippen MR) is 87.9 cm³/mol. The lowest BCUT2D eigenvalue weighted by Gasteiger charge is -2.37. The van der Waals surface area contributed by atoms with Gasteiger partial charge in [-0.2, -0.15) is 0 Å². The Hall–Kier alpha value is -2.68. The highest BCUT2D eigenvalue weighted by atomic mass is 16.6. The largest absolute Gasteiger partial charge is 0.393 e. The second-order valence-corrected chi connectivity index (χ2v) is 6.83. The van der Waals surface area contributed by atoms with Crippen LogP contribution in [0.1, 0.15) is 11.1 Å². The molecule has 0 unspecified atom stereocenters. The number of benzene rings is 2. The molecular formula is C21H16O3. The van der Waals surface area contributed by atoms with E-state index in [1.807, 2.05) is 36.4 Å². The average Bonchev–Trinajstić information content (AvgIpc) is 3.24. The molecule has 1 saturated carbocycles. The Labute approximate surface area is 140 Å². The number of hydrogen-bond acceptors (Lipinski definition) is 3. The normalized spacial score (nSPS) is 32.0. The third-order valence-electron chi connectivity index (χ3n) is 5.99. The molecule has 0 amide bonds. The van der Waals surface area contributed by atoms with Gasteiger partial charge in [0, 0.05) is 17.3 Å². The molecule has 4 atom stereocenters. The smallest absolute Gasteiger partial charge is 0.318 e. The number of ether oxygens (including phenoxy) is 1. The van der Waals surface area contributed by atoms with Crippen LogP contribution >= 0.6 is 0 Å². The summed E-state index contributed by atoms with van der Waals surface area (Å²) in [6, 6.07) is 20.5. The van der Waals surface area contributed by atoms with E-state index in [0.717, 1.165) is 11.1 Å². The maximum Gasteiger partial charge on any atom is 0.318 e. The van der Waals surface area contributed by atoms with Crippen LogP contribution in [-0.2, 0) is 19.7 Å². The van der Waals surface area contributed by atoms with Crippen molar-refractivity contribution < 1.29 is 14.3 Å². The standard InChI is InChI=1S/C21H16O3/c22-19-17-15-11-12-16(18(17)20(23)24-19)21(15,13-7-3-1-4-8-13)14-9-5-2-6-10-14/h1-12,15-18H/t15-,16+,17-,18-/m1/s1. The van der Waals surface area contributed by atoms with E-state index >= 15 is 0 Å². The van der Waals surface area contributed by atoms with Crippen LogP contribution in [0.4, 0.5) is 0 Å². The summed E-state index contributed by atoms with van der Waals surface area (Å²) in [6.07, 6.45) is 4.23. The van der Waals surface area contributed by atoms with Gasteiger partial charge in [-0.05, 0) is 11.1 Å². The van der Waals surface area contributed by atoms with E-state index in [4.69, 9.17) is 4.74 Å². The van der Waals surface area contributed by atoms with E-state index in [9.17, 15) is 9.59 Å². The van der Waals surface area contributed by atoms with Crippen molar-refractivity contribution in [3.05, 3.63) is 83.9 Å². The zero-order valence-corrected chi connectivity index (χ0v) is 13.0. The first-order chi connectivity index (χ1) is 11.7. The van der Waals surface area contributed by atoms with E-state index in [2.05, 4.69) is 36.4 Å². The van der Waals surface area contributed by atoms with Gasteiger partial charge in [0.25, 0.3) is 0 Å². The van der Waals surface area contributed by atoms with Gasteiger partial charge in [-0.3, -0.25) is 9.59 Å². The Balaban J connectivity index is 1.79. The van der Waals surface area contributed by atoms with Crippen LogP contribution in [-0.4, -0.2) is 11.9 Å². The number of cyclic esters (lactones) is 2. The molecule has 24 heavy (non-hydrogen) atoms. The second kappa shape index (κ2) is 4.67. The number of esters is 2. The third kappa shape index (κ3) is 1.47. The van der Waals surface area contributed by atoms with Crippen LogP contribution in [0.3, 0.4) is 0 Å². The summed E-state index contributed by atoms with van der Waals surface area (Å²) in [5, 5.41) is 0. The molecule has 0 N–H and O–H groups in total. The summed E-state index contributed by atoms with van der Waals surface area (Å²) in [5.41, 5.74) is 1.95. The van der Waals surface area contributed by atoms with Crippen LogP contribution < -0.4 is 0 Å². The summed E-state index contributed by atoms with van der Waals surface area (Å²) in [5.74, 6) is -1.55. The van der Waals surface area contributed by atoms with Gasteiger partial charge in [0.2, 0.25) is 0 Å². The highest BCUT2D eigenvalue weighted by Crippen LogP contribution is 2.65. The van der Waals surface area contributed by atoms with E-state index in [1.165, 1.54) is 0 Å². The molecule has 2 aromatic carbocycles. The molecule has 3 nitrogen and oxygen atoms in total. The first-order valence-electron chi connectivity index (χ1n) is 8.29. The van der Waals surface area contributed by atoms with Crippen molar-refractivity contribution in [1.29, 1.82) is 0 Å². The van der Waals surface area contributed by atoms with Gasteiger partial charge in [-0.1, -0.05) is 72.8 Å². The monoisotopic (exact) mass is 316 g/mol. The Morgan fingerprint density at radius 2 is 1.08 bits per heavy atom. The summed E-state index contributed by atoms with van der Waals surface area (Å²) < 4.78 is 4.96. The molecular weight excluding hydrogens is 300 g/mol. The number of rotatable bonds is 2. The Morgan fingerprint density at radius 3 is 1.50 bits per heavy atom. The van der Waals surface area contributed by atoms with Crippen LogP contribution in [0.25, 0.3) is 0 Å². The summed E-state index contributed by atoms with van der Waals surface area (Å²) in [7, 11) is 0. The van der Waals surface area contributed by atoms with Crippen molar-refractivity contribution in [3.8, 4) is 0 Å². The van der Waals surface area contributed by atoms with E-state index in [1.54, 1.807) is 0 Å². The molecule has 2 aromatic rings. The number of carbonyl (C=O) groups is 2. The van der Waals surface area contributed by atoms with Crippen LogP contribution in [0.15, 0.2) is 72.8 Å². The molecule has 5 rings (SSSR count). The Morgan fingerprint density at radius 1 is 0.667 bits per heavy atom. The Bertz CT molecular complexity index is 782. The molecule has 3 heteroatoms. The second-order valence-electron chi connectivity index (χ2n) is 6.83. The molecule has 0 aromatic heterocycles. The molecule has 1 heterocycles. The molecule has 118 valence electrons. The van der Waals surface area contributed by atoms with Gasteiger partial charge in [0.05, 0.1) is 11.8 Å². The van der Waals surface area contributed by atoms with Crippen molar-refractivity contribution in [2.24, 2.45) is 23.7 Å². The predicted octanol–water partition coefficient (Wildman–Crippen LogP) is 3.10. The fourth-order valence-electron chi connectivity index (χ4n) is 5.20. The van der Waals surface area contributed by atoms with Crippen LogP contribution in [0, 0.1) is 23.7 Å². The van der Waals surface area contributed by atoms with Crippen LogP contribution in [0.5, 0.6) is 0 Å². The molecule has 2 fully saturated rings. The molecule has 2 bridgehead atoms. The van der Waals surface area contributed by atoms with E-state index < -0.39 is 0 Å². The summed E-state index contributed by atoms with van der Waals surface area (Å²) in [6.45, 7) is 0. The van der Waals surface area contributed by atoms with Gasteiger partial charge in [-0.25, -0.2) is 0 Å². The number of hydrogen-bond donors (Lipinski definition) is 0. The third-order valence-corrected chi connectivity index (χ3v) is 5.99. The minimum atomic E-state index is -0.368. The fourth-order valence-corrected chi connectivity index (χ4v) is 5.20. The maximum atomic E-state index is 12.3. The highest BCUT2D eigenvalue weighted by molar-refractivity contribution is 5.99. The summed E-state index contributed by atoms with van der Waals surface area (Å²) in [4.78, 5) is 24.7. The van der Waals surface area contributed by atoms with Gasteiger partial charge in [0.15, 0.2) is 0 Å². The molecule has 1 aliphatic heterocycles. The number of carbonyl (C=O) groups excluding carboxylic acids is 2. The lowest BCUT2D eigenvalue weighted by atomic mass is 9.65.